The van der Waals surface area contributed by atoms with Gasteiger partial charge in [0.15, 0.2) is 0 Å². The van der Waals surface area contributed by atoms with Crippen molar-refractivity contribution in [2.45, 2.75) is 64.1 Å². The van der Waals surface area contributed by atoms with Crippen molar-refractivity contribution in [3.63, 3.8) is 0 Å². The molecule has 0 bridgehead atoms. The number of aliphatic hydroxyl groups is 1. The van der Waals surface area contributed by atoms with Crippen molar-refractivity contribution < 1.29 is 14.7 Å². The minimum atomic E-state index is -0.705. The van der Waals surface area contributed by atoms with Crippen LogP contribution in [-0.4, -0.2) is 35.1 Å². The van der Waals surface area contributed by atoms with Crippen molar-refractivity contribution in [2.75, 3.05) is 0 Å². The quantitative estimate of drug-likeness (QED) is 0.652. The molecular formula is C14H24N2O3. The molecule has 1 aliphatic carbocycles. The number of β-lactam (4-membered cyclic amide) rings is 1. The third-order valence-electron chi connectivity index (χ3n) is 4.42. The number of hydrogen-bond acceptors (Lipinski definition) is 3. The fraction of sp³-hybridized carbons (Fsp3) is 0.857. The monoisotopic (exact) mass is 268 g/mol. The highest BCUT2D eigenvalue weighted by atomic mass is 16.3. The lowest BCUT2D eigenvalue weighted by Crippen LogP contribution is -2.66. The summed E-state index contributed by atoms with van der Waals surface area (Å²) in [6.45, 7) is 3.42. The molecule has 2 rings (SSSR count). The normalized spacial score (nSPS) is 31.0. The average molecular weight is 268 g/mol. The summed E-state index contributed by atoms with van der Waals surface area (Å²) in [4.78, 5) is 23.6. The SMILES string of the molecule is C[C@@H](O)[C@H]1C(=O)N[C@@H]1[C@@H](C)C(=O)NC1CCCCC1. The Labute approximate surface area is 114 Å². The summed E-state index contributed by atoms with van der Waals surface area (Å²) in [5, 5.41) is 15.4. The molecule has 5 nitrogen and oxygen atoms in total. The van der Waals surface area contributed by atoms with Crippen LogP contribution in [0.15, 0.2) is 0 Å². The van der Waals surface area contributed by atoms with Crippen LogP contribution < -0.4 is 10.6 Å². The van der Waals surface area contributed by atoms with Crippen LogP contribution in [0.1, 0.15) is 46.0 Å². The summed E-state index contributed by atoms with van der Waals surface area (Å²) in [5.74, 6) is -0.911. The Morgan fingerprint density at radius 2 is 1.95 bits per heavy atom. The van der Waals surface area contributed by atoms with Crippen molar-refractivity contribution in [3.05, 3.63) is 0 Å². The topological polar surface area (TPSA) is 78.4 Å². The Balaban J connectivity index is 1.86. The van der Waals surface area contributed by atoms with Crippen LogP contribution in [0.2, 0.25) is 0 Å². The molecule has 1 aliphatic heterocycles. The van der Waals surface area contributed by atoms with Gasteiger partial charge in [0.25, 0.3) is 0 Å². The van der Waals surface area contributed by atoms with Gasteiger partial charge in [0.05, 0.1) is 24.0 Å². The first-order valence-corrected chi connectivity index (χ1v) is 7.29. The summed E-state index contributed by atoms with van der Waals surface area (Å²) in [6.07, 6.45) is 5.00. The highest BCUT2D eigenvalue weighted by molar-refractivity contribution is 5.90. The summed E-state index contributed by atoms with van der Waals surface area (Å²) in [7, 11) is 0. The van der Waals surface area contributed by atoms with Gasteiger partial charge in [-0.15, -0.1) is 0 Å². The van der Waals surface area contributed by atoms with Gasteiger partial charge in [-0.3, -0.25) is 9.59 Å². The maximum atomic E-state index is 12.2. The molecule has 5 heteroatoms. The minimum Gasteiger partial charge on any atom is -0.393 e. The summed E-state index contributed by atoms with van der Waals surface area (Å²) < 4.78 is 0. The molecule has 1 saturated carbocycles. The molecule has 0 aromatic carbocycles. The van der Waals surface area contributed by atoms with Gasteiger partial charge in [-0.05, 0) is 19.8 Å². The third-order valence-corrected chi connectivity index (χ3v) is 4.42. The Kier molecular flexibility index (Phi) is 4.45. The molecule has 0 aromatic rings. The van der Waals surface area contributed by atoms with Crippen LogP contribution >= 0.6 is 0 Å². The van der Waals surface area contributed by atoms with Crippen LogP contribution in [0.4, 0.5) is 0 Å². The van der Waals surface area contributed by atoms with E-state index in [-0.39, 0.29) is 29.8 Å². The van der Waals surface area contributed by atoms with Gasteiger partial charge in [-0.25, -0.2) is 0 Å². The zero-order valence-electron chi connectivity index (χ0n) is 11.7. The zero-order chi connectivity index (χ0) is 14.0. The number of nitrogens with one attached hydrogen (secondary N) is 2. The number of hydrogen-bond donors (Lipinski definition) is 3. The van der Waals surface area contributed by atoms with Crippen molar-refractivity contribution in [2.24, 2.45) is 11.8 Å². The largest absolute Gasteiger partial charge is 0.393 e. The molecule has 1 saturated heterocycles. The van der Waals surface area contributed by atoms with Gasteiger partial charge in [0, 0.05) is 6.04 Å². The van der Waals surface area contributed by atoms with Crippen molar-refractivity contribution in [1.29, 1.82) is 0 Å². The van der Waals surface area contributed by atoms with E-state index in [2.05, 4.69) is 10.6 Å². The maximum Gasteiger partial charge on any atom is 0.228 e. The van der Waals surface area contributed by atoms with E-state index in [4.69, 9.17) is 0 Å². The van der Waals surface area contributed by atoms with Crippen LogP contribution in [0.5, 0.6) is 0 Å². The number of rotatable bonds is 4. The van der Waals surface area contributed by atoms with Crippen LogP contribution in [0.25, 0.3) is 0 Å². The van der Waals surface area contributed by atoms with Gasteiger partial charge < -0.3 is 15.7 Å². The Morgan fingerprint density at radius 1 is 1.32 bits per heavy atom. The van der Waals surface area contributed by atoms with Crippen molar-refractivity contribution in [1.82, 2.24) is 10.6 Å². The molecule has 4 atom stereocenters. The first kappa shape index (κ1) is 14.3. The van der Waals surface area contributed by atoms with E-state index in [1.54, 1.807) is 6.92 Å². The van der Waals surface area contributed by atoms with E-state index < -0.39 is 12.0 Å². The van der Waals surface area contributed by atoms with E-state index >= 15 is 0 Å². The second kappa shape index (κ2) is 5.90. The molecule has 108 valence electrons. The molecule has 3 N–H and O–H groups in total. The van der Waals surface area contributed by atoms with Gasteiger partial charge in [-0.1, -0.05) is 26.2 Å². The molecule has 0 unspecified atom stereocenters. The molecule has 2 fully saturated rings. The smallest absolute Gasteiger partial charge is 0.228 e. The lowest BCUT2D eigenvalue weighted by atomic mass is 9.78. The van der Waals surface area contributed by atoms with Gasteiger partial charge in [0.2, 0.25) is 11.8 Å². The standard InChI is InChI=1S/C14H24N2O3/c1-8(12-11(9(2)17)14(19)16-12)13(18)15-10-6-4-3-5-7-10/h8-12,17H,3-7H2,1-2H3,(H,15,18)(H,16,19)/t8-,9-,11-,12-/m1/s1. The molecular weight excluding hydrogens is 244 g/mol. The molecule has 2 aliphatic rings. The van der Waals surface area contributed by atoms with Crippen molar-refractivity contribution in [3.8, 4) is 0 Å². The van der Waals surface area contributed by atoms with E-state index in [1.807, 2.05) is 6.92 Å². The zero-order valence-corrected chi connectivity index (χ0v) is 11.7. The molecule has 0 aromatic heterocycles. The molecule has 19 heavy (non-hydrogen) atoms. The molecule has 0 spiro atoms. The van der Waals surface area contributed by atoms with Crippen LogP contribution in [0, 0.1) is 11.8 Å². The molecule has 0 radical (unpaired) electrons. The fourth-order valence-electron chi connectivity index (χ4n) is 3.11. The Morgan fingerprint density at radius 3 is 2.47 bits per heavy atom. The average Bonchev–Trinajstić information content (AvgIpc) is 2.35. The fourth-order valence-corrected chi connectivity index (χ4v) is 3.11. The summed E-state index contributed by atoms with van der Waals surface area (Å²) >= 11 is 0. The number of carbonyl (C=O) groups is 2. The second-order valence-electron chi connectivity index (χ2n) is 5.93. The predicted molar refractivity (Wildman–Crippen MR) is 71.3 cm³/mol. The Bertz CT molecular complexity index is 351. The highest BCUT2D eigenvalue weighted by Crippen LogP contribution is 2.26. The number of amides is 2. The first-order chi connectivity index (χ1) is 9.00. The van der Waals surface area contributed by atoms with Crippen LogP contribution in [0.3, 0.4) is 0 Å². The lowest BCUT2D eigenvalue weighted by Gasteiger charge is -2.41. The lowest BCUT2D eigenvalue weighted by molar-refractivity contribution is -0.145. The molecule has 1 heterocycles. The van der Waals surface area contributed by atoms with Gasteiger partial charge in [-0.2, -0.15) is 0 Å². The van der Waals surface area contributed by atoms with Crippen molar-refractivity contribution >= 4 is 11.8 Å². The van der Waals surface area contributed by atoms with E-state index in [1.165, 1.54) is 19.3 Å². The van der Waals surface area contributed by atoms with E-state index in [0.29, 0.717) is 0 Å². The Hall–Kier alpha value is -1.10. The second-order valence-corrected chi connectivity index (χ2v) is 5.93. The van der Waals surface area contributed by atoms with Gasteiger partial charge in [0.1, 0.15) is 0 Å². The summed E-state index contributed by atoms with van der Waals surface area (Å²) in [5.41, 5.74) is 0. The van der Waals surface area contributed by atoms with E-state index in [9.17, 15) is 14.7 Å². The highest BCUT2D eigenvalue weighted by Gasteiger charge is 2.47. The summed E-state index contributed by atoms with van der Waals surface area (Å²) in [6, 6.07) is 0.0422. The molecule has 2 amide bonds. The number of carbonyl (C=O) groups excluding carboxylic acids is 2. The number of aliphatic hydroxyl groups excluding tert-OH is 1. The third kappa shape index (κ3) is 3.08. The minimum absolute atomic E-state index is 0.0115. The van der Waals surface area contributed by atoms with E-state index in [0.717, 1.165) is 12.8 Å². The van der Waals surface area contributed by atoms with Crippen LogP contribution in [-0.2, 0) is 9.59 Å². The first-order valence-electron chi connectivity index (χ1n) is 7.29. The maximum absolute atomic E-state index is 12.2. The predicted octanol–water partition coefficient (Wildman–Crippen LogP) is 0.567. The van der Waals surface area contributed by atoms with Gasteiger partial charge >= 0.3 is 0 Å².